The maximum Gasteiger partial charge on any atom is 0.416 e. The Bertz CT molecular complexity index is 511. The summed E-state index contributed by atoms with van der Waals surface area (Å²) in [5.41, 5.74) is 6.68. The molecule has 1 fully saturated rings. The molecule has 0 unspecified atom stereocenters. The fourth-order valence-corrected chi connectivity index (χ4v) is 3.28. The van der Waals surface area contributed by atoms with Crippen LogP contribution in [0.1, 0.15) is 36.4 Å². The predicted molar refractivity (Wildman–Crippen MR) is 70.8 cm³/mol. The molecule has 2 aliphatic rings. The van der Waals surface area contributed by atoms with Gasteiger partial charge in [-0.05, 0) is 58.8 Å². The number of hydrogen-bond acceptors (Lipinski definition) is 2. The number of hydrogen-bond donors (Lipinski definition) is 2. The van der Waals surface area contributed by atoms with E-state index in [9.17, 15) is 13.2 Å². The summed E-state index contributed by atoms with van der Waals surface area (Å²) in [5.74, 6) is 0.619. The van der Waals surface area contributed by atoms with E-state index in [1.165, 1.54) is 18.9 Å². The van der Waals surface area contributed by atoms with E-state index < -0.39 is 11.7 Å². The number of benzene rings is 1. The molecule has 0 aromatic heterocycles. The average Bonchev–Trinajstić information content (AvgIpc) is 3.12. The lowest BCUT2D eigenvalue weighted by atomic mass is 9.90. The van der Waals surface area contributed by atoms with Crippen molar-refractivity contribution < 1.29 is 13.2 Å². The molecule has 1 saturated carbocycles. The molecule has 1 heterocycles. The van der Waals surface area contributed by atoms with E-state index in [0.29, 0.717) is 22.4 Å². The van der Waals surface area contributed by atoms with E-state index >= 15 is 0 Å². The minimum Gasteiger partial charge on any atom is -0.381 e. The van der Waals surface area contributed by atoms with Crippen LogP contribution in [0.5, 0.6) is 0 Å². The molecular weight excluding hydrogens is 321 g/mol. The quantitative estimate of drug-likeness (QED) is 0.812. The van der Waals surface area contributed by atoms with Gasteiger partial charge in [0.2, 0.25) is 0 Å². The summed E-state index contributed by atoms with van der Waals surface area (Å²) in [7, 11) is 0. The highest BCUT2D eigenvalue weighted by Gasteiger charge is 2.38. The Morgan fingerprint density at radius 1 is 1.26 bits per heavy atom. The first-order valence-corrected chi connectivity index (χ1v) is 7.08. The molecule has 1 aliphatic carbocycles. The van der Waals surface area contributed by atoms with Crippen molar-refractivity contribution in [2.24, 2.45) is 11.7 Å². The Balaban J connectivity index is 2.00. The molecule has 0 amide bonds. The molecule has 1 aliphatic heterocycles. The van der Waals surface area contributed by atoms with Crippen molar-refractivity contribution in [2.45, 2.75) is 37.5 Å². The van der Waals surface area contributed by atoms with Crippen molar-refractivity contribution in [1.29, 1.82) is 0 Å². The summed E-state index contributed by atoms with van der Waals surface area (Å²) in [6.45, 7) is 0. The lowest BCUT2D eigenvalue weighted by Crippen LogP contribution is -2.33. The summed E-state index contributed by atoms with van der Waals surface area (Å²) in [5, 5.41) is 3.34. The van der Waals surface area contributed by atoms with Gasteiger partial charge >= 0.3 is 6.18 Å². The van der Waals surface area contributed by atoms with Crippen LogP contribution in [0.3, 0.4) is 0 Å². The highest BCUT2D eigenvalue weighted by molar-refractivity contribution is 9.10. The number of rotatable bonds is 1. The average molecular weight is 335 g/mol. The molecule has 19 heavy (non-hydrogen) atoms. The Kier molecular flexibility index (Phi) is 3.05. The van der Waals surface area contributed by atoms with Crippen molar-refractivity contribution in [3.8, 4) is 0 Å². The van der Waals surface area contributed by atoms with Crippen LogP contribution < -0.4 is 11.1 Å². The smallest absolute Gasteiger partial charge is 0.381 e. The number of halogens is 4. The van der Waals surface area contributed by atoms with E-state index in [1.807, 2.05) is 0 Å². The normalized spacial score (nSPS) is 26.8. The molecule has 0 saturated heterocycles. The molecule has 104 valence electrons. The third kappa shape index (κ3) is 2.48. The number of fused-ring (bicyclic) bond motifs is 1. The van der Waals surface area contributed by atoms with Gasteiger partial charge in [-0.1, -0.05) is 0 Å². The summed E-state index contributed by atoms with van der Waals surface area (Å²) in [6.07, 6.45) is -1.29. The maximum atomic E-state index is 12.8. The molecule has 2 nitrogen and oxygen atoms in total. The van der Waals surface area contributed by atoms with Crippen LogP contribution in [0.2, 0.25) is 0 Å². The molecule has 6 heteroatoms. The largest absolute Gasteiger partial charge is 0.416 e. The second kappa shape index (κ2) is 4.38. The van der Waals surface area contributed by atoms with Crippen LogP contribution in [0.15, 0.2) is 16.6 Å². The predicted octanol–water partition coefficient (Wildman–Crippen LogP) is 4.06. The first kappa shape index (κ1) is 13.2. The van der Waals surface area contributed by atoms with Gasteiger partial charge in [-0.15, -0.1) is 0 Å². The SMILES string of the molecule is N[C@H]1C[C@@H](C2CC2)Nc2c(Br)cc(C(F)(F)F)cc21. The summed E-state index contributed by atoms with van der Waals surface area (Å²) in [6, 6.07) is 2.24. The van der Waals surface area contributed by atoms with Crippen LogP contribution in [0.4, 0.5) is 18.9 Å². The number of anilines is 1. The highest BCUT2D eigenvalue weighted by Crippen LogP contribution is 2.46. The van der Waals surface area contributed by atoms with Gasteiger partial charge in [-0.3, -0.25) is 0 Å². The van der Waals surface area contributed by atoms with E-state index in [4.69, 9.17) is 5.73 Å². The van der Waals surface area contributed by atoms with Gasteiger partial charge in [0, 0.05) is 16.6 Å². The fourth-order valence-electron chi connectivity index (χ4n) is 2.69. The number of nitrogens with two attached hydrogens (primary N) is 1. The van der Waals surface area contributed by atoms with Crippen molar-refractivity contribution in [1.82, 2.24) is 0 Å². The maximum absolute atomic E-state index is 12.8. The van der Waals surface area contributed by atoms with Gasteiger partial charge in [-0.25, -0.2) is 0 Å². The molecule has 1 aromatic rings. The zero-order chi connectivity index (χ0) is 13.8. The highest BCUT2D eigenvalue weighted by atomic mass is 79.9. The Labute approximate surface area is 117 Å². The van der Waals surface area contributed by atoms with E-state index in [2.05, 4.69) is 21.2 Å². The third-order valence-corrected chi connectivity index (χ3v) is 4.50. The van der Waals surface area contributed by atoms with E-state index in [-0.39, 0.29) is 12.1 Å². The zero-order valence-electron chi connectivity index (χ0n) is 10.1. The van der Waals surface area contributed by atoms with Gasteiger partial charge in [-0.2, -0.15) is 13.2 Å². The standard InChI is InChI=1S/C13H14BrF3N2/c14-9-4-7(13(15,16)17)3-8-10(18)5-11(6-1-2-6)19-12(8)9/h3-4,6,10-11,19H,1-2,5,18H2/t10-,11-/m0/s1. The topological polar surface area (TPSA) is 38.0 Å². The van der Waals surface area contributed by atoms with Gasteiger partial charge in [0.1, 0.15) is 0 Å². The molecule has 0 bridgehead atoms. The van der Waals surface area contributed by atoms with Gasteiger partial charge in [0.25, 0.3) is 0 Å². The molecule has 3 N–H and O–H groups in total. The number of nitrogens with one attached hydrogen (secondary N) is 1. The first-order valence-electron chi connectivity index (χ1n) is 6.29. The van der Waals surface area contributed by atoms with E-state index in [0.717, 1.165) is 11.8 Å². The third-order valence-electron chi connectivity index (χ3n) is 3.88. The molecule has 2 atom stereocenters. The van der Waals surface area contributed by atoms with Gasteiger partial charge in [0.05, 0.1) is 11.3 Å². The lowest BCUT2D eigenvalue weighted by Gasteiger charge is -2.33. The van der Waals surface area contributed by atoms with Crippen molar-refractivity contribution in [2.75, 3.05) is 5.32 Å². The first-order chi connectivity index (χ1) is 8.86. The zero-order valence-corrected chi connectivity index (χ0v) is 11.7. The van der Waals surface area contributed by atoms with Crippen LogP contribution >= 0.6 is 15.9 Å². The summed E-state index contributed by atoms with van der Waals surface area (Å²) in [4.78, 5) is 0. The molecule has 3 rings (SSSR count). The lowest BCUT2D eigenvalue weighted by molar-refractivity contribution is -0.137. The minimum absolute atomic E-state index is 0.288. The molecule has 0 spiro atoms. The van der Waals surface area contributed by atoms with Gasteiger partial charge in [0.15, 0.2) is 0 Å². The summed E-state index contributed by atoms with van der Waals surface area (Å²) < 4.78 is 38.8. The van der Waals surface area contributed by atoms with Gasteiger partial charge < -0.3 is 11.1 Å². The Morgan fingerprint density at radius 2 is 1.95 bits per heavy atom. The van der Waals surface area contributed by atoms with Crippen LogP contribution in [-0.4, -0.2) is 6.04 Å². The number of alkyl halides is 3. The van der Waals surface area contributed by atoms with Crippen molar-refractivity contribution >= 4 is 21.6 Å². The minimum atomic E-state index is -4.34. The Hall–Kier alpha value is -0.750. The Morgan fingerprint density at radius 3 is 2.53 bits per heavy atom. The molecule has 1 aromatic carbocycles. The molecule has 0 radical (unpaired) electrons. The summed E-state index contributed by atoms with van der Waals surface area (Å²) >= 11 is 3.23. The van der Waals surface area contributed by atoms with Crippen molar-refractivity contribution in [3.05, 3.63) is 27.7 Å². The van der Waals surface area contributed by atoms with Crippen LogP contribution in [0, 0.1) is 5.92 Å². The molecular formula is C13H14BrF3N2. The second-order valence-corrected chi connectivity index (χ2v) is 6.20. The second-order valence-electron chi connectivity index (χ2n) is 5.35. The monoisotopic (exact) mass is 334 g/mol. The van der Waals surface area contributed by atoms with Crippen molar-refractivity contribution in [3.63, 3.8) is 0 Å². The van der Waals surface area contributed by atoms with E-state index in [1.54, 1.807) is 0 Å². The van der Waals surface area contributed by atoms with Crippen LogP contribution in [-0.2, 0) is 6.18 Å². The van der Waals surface area contributed by atoms with Crippen LogP contribution in [0.25, 0.3) is 0 Å². The fraction of sp³-hybridized carbons (Fsp3) is 0.538.